The summed E-state index contributed by atoms with van der Waals surface area (Å²) in [6, 6.07) is 9.77. The molecule has 1 heterocycles. The van der Waals surface area contributed by atoms with E-state index in [9.17, 15) is 0 Å². The maximum atomic E-state index is 5.81. The van der Waals surface area contributed by atoms with Gasteiger partial charge in [0, 0.05) is 13.0 Å². The molecule has 0 spiro atoms. The molecule has 2 N–H and O–H groups in total. The van der Waals surface area contributed by atoms with Crippen molar-refractivity contribution in [2.24, 2.45) is 0 Å². The number of anilines is 1. The lowest BCUT2D eigenvalue weighted by atomic mass is 10.3. The summed E-state index contributed by atoms with van der Waals surface area (Å²) in [5.41, 5.74) is 5.81. The number of para-hydroxylation sites is 1. The Balaban J connectivity index is 1.75. The third-order valence-corrected chi connectivity index (χ3v) is 2.97. The molecule has 90 valence electrons. The van der Waals surface area contributed by atoms with E-state index in [0.29, 0.717) is 12.4 Å². The summed E-state index contributed by atoms with van der Waals surface area (Å²) in [6.45, 7) is 1.41. The fourth-order valence-electron chi connectivity index (χ4n) is 1.47. The normalized spacial score (nSPS) is 10.4. The fraction of sp³-hybridized carbons (Fsp3) is 0.250. The summed E-state index contributed by atoms with van der Waals surface area (Å²) in [6.07, 6.45) is 2.57. The van der Waals surface area contributed by atoms with Crippen molar-refractivity contribution in [2.75, 3.05) is 12.3 Å². The highest BCUT2D eigenvalue weighted by atomic mass is 79.9. The van der Waals surface area contributed by atoms with Crippen LogP contribution in [0.5, 0.6) is 5.75 Å². The molecule has 0 amide bonds. The summed E-state index contributed by atoms with van der Waals surface area (Å²) < 4.78 is 8.18. The van der Waals surface area contributed by atoms with Gasteiger partial charge in [-0.15, -0.1) is 0 Å². The molecule has 1 aromatic carbocycles. The number of rotatable bonds is 5. The highest BCUT2D eigenvalue weighted by molar-refractivity contribution is 9.10. The molecule has 4 nitrogen and oxygen atoms in total. The predicted molar refractivity (Wildman–Crippen MR) is 70.9 cm³/mol. The summed E-state index contributed by atoms with van der Waals surface area (Å²) in [5.74, 6) is 1.55. The second kappa shape index (κ2) is 5.72. The van der Waals surface area contributed by atoms with Crippen molar-refractivity contribution in [3.05, 3.63) is 41.0 Å². The van der Waals surface area contributed by atoms with Gasteiger partial charge < -0.3 is 10.5 Å². The SMILES string of the molecule is Nc1c(Br)cnn1CCCOc1ccccc1. The largest absolute Gasteiger partial charge is 0.494 e. The standard InChI is InChI=1S/C12H14BrN3O/c13-11-9-15-16(12(11)14)7-4-8-17-10-5-2-1-3-6-10/h1-3,5-6,9H,4,7-8,14H2. The highest BCUT2D eigenvalue weighted by Gasteiger charge is 2.03. The average molecular weight is 296 g/mol. The van der Waals surface area contributed by atoms with Crippen molar-refractivity contribution in [1.29, 1.82) is 0 Å². The van der Waals surface area contributed by atoms with Crippen LogP contribution < -0.4 is 10.5 Å². The highest BCUT2D eigenvalue weighted by Crippen LogP contribution is 2.18. The van der Waals surface area contributed by atoms with Gasteiger partial charge in [0.2, 0.25) is 0 Å². The van der Waals surface area contributed by atoms with E-state index in [2.05, 4.69) is 21.0 Å². The molecule has 2 aromatic rings. The van der Waals surface area contributed by atoms with E-state index in [1.807, 2.05) is 30.3 Å². The van der Waals surface area contributed by atoms with Crippen LogP contribution >= 0.6 is 15.9 Å². The van der Waals surface area contributed by atoms with Crippen LogP contribution in [0, 0.1) is 0 Å². The Labute approximate surface area is 109 Å². The summed E-state index contributed by atoms with van der Waals surface area (Å²) in [5, 5.41) is 4.15. The third kappa shape index (κ3) is 3.23. The zero-order chi connectivity index (χ0) is 12.1. The Kier molecular flexibility index (Phi) is 4.03. The van der Waals surface area contributed by atoms with Crippen molar-refractivity contribution in [3.63, 3.8) is 0 Å². The lowest BCUT2D eigenvalue weighted by Gasteiger charge is -2.06. The predicted octanol–water partition coefficient (Wildman–Crippen LogP) is 2.70. The molecule has 0 saturated carbocycles. The number of aromatic nitrogens is 2. The molecule has 0 fully saturated rings. The van der Waals surface area contributed by atoms with Gasteiger partial charge in [-0.05, 0) is 28.1 Å². The molecule has 0 saturated heterocycles. The lowest BCUT2D eigenvalue weighted by molar-refractivity contribution is 0.299. The van der Waals surface area contributed by atoms with Crippen molar-refractivity contribution in [1.82, 2.24) is 9.78 Å². The minimum Gasteiger partial charge on any atom is -0.494 e. The van der Waals surface area contributed by atoms with E-state index in [4.69, 9.17) is 10.5 Å². The third-order valence-electron chi connectivity index (χ3n) is 2.36. The van der Waals surface area contributed by atoms with Crippen LogP contribution in [0.25, 0.3) is 0 Å². The number of halogens is 1. The van der Waals surface area contributed by atoms with E-state index < -0.39 is 0 Å². The van der Waals surface area contributed by atoms with Crippen molar-refractivity contribution in [3.8, 4) is 5.75 Å². The molecule has 5 heteroatoms. The fourth-order valence-corrected chi connectivity index (χ4v) is 1.77. The first kappa shape index (κ1) is 12.0. The molecular formula is C12H14BrN3O. The number of benzene rings is 1. The number of aryl methyl sites for hydroxylation is 1. The van der Waals surface area contributed by atoms with Crippen LogP contribution in [0.4, 0.5) is 5.82 Å². The Hall–Kier alpha value is -1.49. The molecule has 0 aliphatic carbocycles. The van der Waals surface area contributed by atoms with Crippen LogP contribution in [0.1, 0.15) is 6.42 Å². The lowest BCUT2D eigenvalue weighted by Crippen LogP contribution is -2.08. The van der Waals surface area contributed by atoms with Gasteiger partial charge in [-0.2, -0.15) is 5.10 Å². The first-order valence-corrected chi connectivity index (χ1v) is 6.21. The summed E-state index contributed by atoms with van der Waals surface area (Å²) >= 11 is 3.32. The number of hydrogen-bond donors (Lipinski definition) is 1. The molecule has 0 atom stereocenters. The minimum atomic E-state index is 0.654. The number of hydrogen-bond acceptors (Lipinski definition) is 3. The van der Waals surface area contributed by atoms with Gasteiger partial charge in [0.1, 0.15) is 11.6 Å². The second-order valence-electron chi connectivity index (χ2n) is 3.62. The zero-order valence-corrected chi connectivity index (χ0v) is 10.9. The average Bonchev–Trinajstić information content (AvgIpc) is 2.67. The maximum Gasteiger partial charge on any atom is 0.136 e. The summed E-state index contributed by atoms with van der Waals surface area (Å²) in [7, 11) is 0. The van der Waals surface area contributed by atoms with Crippen LogP contribution in [-0.4, -0.2) is 16.4 Å². The topological polar surface area (TPSA) is 53.1 Å². The first-order chi connectivity index (χ1) is 8.27. The van der Waals surface area contributed by atoms with Crippen LogP contribution in [0.2, 0.25) is 0 Å². The molecule has 0 aliphatic rings. The van der Waals surface area contributed by atoms with Crippen molar-refractivity contribution in [2.45, 2.75) is 13.0 Å². The zero-order valence-electron chi connectivity index (χ0n) is 9.34. The molecule has 17 heavy (non-hydrogen) atoms. The van der Waals surface area contributed by atoms with E-state index in [1.165, 1.54) is 0 Å². The van der Waals surface area contributed by atoms with E-state index in [0.717, 1.165) is 23.2 Å². The van der Waals surface area contributed by atoms with Gasteiger partial charge in [-0.25, -0.2) is 4.68 Å². The monoisotopic (exact) mass is 295 g/mol. The first-order valence-electron chi connectivity index (χ1n) is 5.42. The smallest absolute Gasteiger partial charge is 0.136 e. The minimum absolute atomic E-state index is 0.654. The maximum absolute atomic E-state index is 5.81. The van der Waals surface area contributed by atoms with Gasteiger partial charge in [0.25, 0.3) is 0 Å². The number of ether oxygens (including phenoxy) is 1. The van der Waals surface area contributed by atoms with E-state index >= 15 is 0 Å². The molecule has 0 unspecified atom stereocenters. The van der Waals surface area contributed by atoms with Crippen molar-refractivity contribution >= 4 is 21.7 Å². The molecule has 2 rings (SSSR count). The Bertz CT molecular complexity index is 470. The number of nitrogens with two attached hydrogens (primary N) is 1. The van der Waals surface area contributed by atoms with Gasteiger partial charge in [-0.3, -0.25) is 0 Å². The number of nitrogens with zero attached hydrogens (tertiary/aromatic N) is 2. The van der Waals surface area contributed by atoms with E-state index in [-0.39, 0.29) is 0 Å². The quantitative estimate of drug-likeness (QED) is 0.863. The van der Waals surface area contributed by atoms with Crippen LogP contribution in [0.3, 0.4) is 0 Å². The Morgan fingerprint density at radius 1 is 1.29 bits per heavy atom. The van der Waals surface area contributed by atoms with Gasteiger partial charge in [0.05, 0.1) is 17.3 Å². The molecule has 1 aromatic heterocycles. The molecule has 0 aliphatic heterocycles. The summed E-state index contributed by atoms with van der Waals surface area (Å²) in [4.78, 5) is 0. The second-order valence-corrected chi connectivity index (χ2v) is 4.47. The van der Waals surface area contributed by atoms with Gasteiger partial charge >= 0.3 is 0 Å². The number of nitrogen functional groups attached to an aromatic ring is 1. The molecular weight excluding hydrogens is 282 g/mol. The Morgan fingerprint density at radius 3 is 2.71 bits per heavy atom. The van der Waals surface area contributed by atoms with E-state index in [1.54, 1.807) is 10.9 Å². The van der Waals surface area contributed by atoms with Gasteiger partial charge in [-0.1, -0.05) is 18.2 Å². The van der Waals surface area contributed by atoms with Crippen LogP contribution in [-0.2, 0) is 6.54 Å². The molecule has 0 bridgehead atoms. The van der Waals surface area contributed by atoms with Crippen molar-refractivity contribution < 1.29 is 4.74 Å². The molecule has 0 radical (unpaired) electrons. The van der Waals surface area contributed by atoms with Gasteiger partial charge in [0.15, 0.2) is 0 Å². The van der Waals surface area contributed by atoms with Crippen LogP contribution in [0.15, 0.2) is 41.0 Å². The Morgan fingerprint density at radius 2 is 2.06 bits per heavy atom.